The molecule has 0 aliphatic carbocycles. The van der Waals surface area contributed by atoms with E-state index in [-0.39, 0.29) is 12.1 Å². The zero-order chi connectivity index (χ0) is 15.4. The van der Waals surface area contributed by atoms with Crippen molar-refractivity contribution in [3.63, 3.8) is 0 Å². The minimum Gasteiger partial charge on any atom is -0.304 e. The third-order valence-corrected chi connectivity index (χ3v) is 4.38. The highest BCUT2D eigenvalue weighted by atomic mass is 35.5. The Morgan fingerprint density at radius 2 is 1.62 bits per heavy atom. The molecule has 0 saturated carbocycles. The summed E-state index contributed by atoms with van der Waals surface area (Å²) in [6.45, 7) is 6.45. The van der Waals surface area contributed by atoms with Crippen molar-refractivity contribution < 1.29 is 0 Å². The second-order valence-electron chi connectivity index (χ2n) is 5.37. The van der Waals surface area contributed by atoms with Gasteiger partial charge < -0.3 is 5.32 Å². The van der Waals surface area contributed by atoms with E-state index in [1.807, 2.05) is 12.1 Å². The summed E-state index contributed by atoms with van der Waals surface area (Å²) in [5, 5.41) is 4.95. The van der Waals surface area contributed by atoms with Gasteiger partial charge in [-0.05, 0) is 49.1 Å². The molecule has 0 aliphatic rings. The highest BCUT2D eigenvalue weighted by Gasteiger charge is 2.13. The minimum absolute atomic E-state index is 0.163. The van der Waals surface area contributed by atoms with Crippen LogP contribution in [0.1, 0.15) is 49.5 Å². The summed E-state index contributed by atoms with van der Waals surface area (Å²) in [6, 6.07) is 14.8. The van der Waals surface area contributed by atoms with Crippen LogP contribution in [0.4, 0.5) is 0 Å². The molecule has 112 valence electrons. The van der Waals surface area contributed by atoms with E-state index in [9.17, 15) is 0 Å². The fourth-order valence-corrected chi connectivity index (χ4v) is 3.03. The highest BCUT2D eigenvalue weighted by molar-refractivity contribution is 6.35. The van der Waals surface area contributed by atoms with Gasteiger partial charge in [-0.2, -0.15) is 0 Å². The van der Waals surface area contributed by atoms with Gasteiger partial charge in [0.05, 0.1) is 0 Å². The first-order chi connectivity index (χ1) is 10.0. The van der Waals surface area contributed by atoms with Gasteiger partial charge in [-0.25, -0.2) is 0 Å². The Balaban J connectivity index is 2.08. The standard InChI is InChI=1S/C18H21Cl2N/c1-4-14-5-7-15(8-6-14)12(2)21-13(3)17-10-9-16(19)11-18(17)20/h5-13,21H,4H2,1-3H3. The Morgan fingerprint density at radius 1 is 0.952 bits per heavy atom. The molecule has 2 unspecified atom stereocenters. The van der Waals surface area contributed by atoms with E-state index in [0.29, 0.717) is 10.0 Å². The number of halogens is 2. The van der Waals surface area contributed by atoms with Crippen LogP contribution in [0.3, 0.4) is 0 Å². The molecule has 2 rings (SSSR count). The van der Waals surface area contributed by atoms with Crippen molar-refractivity contribution in [1.82, 2.24) is 5.32 Å². The van der Waals surface area contributed by atoms with E-state index < -0.39 is 0 Å². The van der Waals surface area contributed by atoms with Gasteiger partial charge in [0.15, 0.2) is 0 Å². The molecular formula is C18H21Cl2N. The molecule has 0 aromatic heterocycles. The van der Waals surface area contributed by atoms with E-state index in [4.69, 9.17) is 23.2 Å². The van der Waals surface area contributed by atoms with Gasteiger partial charge in [0.2, 0.25) is 0 Å². The molecule has 1 nitrogen and oxygen atoms in total. The largest absolute Gasteiger partial charge is 0.304 e. The van der Waals surface area contributed by atoms with Crippen LogP contribution in [0.2, 0.25) is 10.0 Å². The van der Waals surface area contributed by atoms with Crippen LogP contribution < -0.4 is 5.32 Å². The minimum atomic E-state index is 0.163. The number of rotatable bonds is 5. The van der Waals surface area contributed by atoms with Gasteiger partial charge in [-0.1, -0.05) is 60.5 Å². The average molecular weight is 322 g/mol. The second-order valence-corrected chi connectivity index (χ2v) is 6.21. The number of nitrogens with one attached hydrogen (secondary N) is 1. The first-order valence-electron chi connectivity index (χ1n) is 7.31. The summed E-state index contributed by atoms with van der Waals surface area (Å²) in [7, 11) is 0. The lowest BCUT2D eigenvalue weighted by molar-refractivity contribution is 0.495. The van der Waals surface area contributed by atoms with Gasteiger partial charge in [0.25, 0.3) is 0 Å². The number of benzene rings is 2. The smallest absolute Gasteiger partial charge is 0.0468 e. The molecule has 0 aliphatic heterocycles. The summed E-state index contributed by atoms with van der Waals surface area (Å²) in [5.74, 6) is 0. The molecule has 0 bridgehead atoms. The van der Waals surface area contributed by atoms with Crippen LogP contribution in [0.25, 0.3) is 0 Å². The zero-order valence-corrected chi connectivity index (χ0v) is 14.2. The third kappa shape index (κ3) is 4.23. The molecule has 2 aromatic carbocycles. The Bertz CT molecular complexity index is 593. The van der Waals surface area contributed by atoms with Crippen LogP contribution in [0.5, 0.6) is 0 Å². The van der Waals surface area contributed by atoms with E-state index in [1.165, 1.54) is 11.1 Å². The monoisotopic (exact) mass is 321 g/mol. The topological polar surface area (TPSA) is 12.0 Å². The zero-order valence-electron chi connectivity index (χ0n) is 12.7. The van der Waals surface area contributed by atoms with Crippen molar-refractivity contribution in [2.75, 3.05) is 0 Å². The molecule has 0 radical (unpaired) electrons. The van der Waals surface area contributed by atoms with Crippen LogP contribution >= 0.6 is 23.2 Å². The third-order valence-electron chi connectivity index (χ3n) is 3.82. The van der Waals surface area contributed by atoms with Crippen molar-refractivity contribution in [2.45, 2.75) is 39.3 Å². The maximum atomic E-state index is 6.27. The van der Waals surface area contributed by atoms with Gasteiger partial charge in [0.1, 0.15) is 0 Å². The fraction of sp³-hybridized carbons (Fsp3) is 0.333. The molecular weight excluding hydrogens is 301 g/mol. The van der Waals surface area contributed by atoms with Gasteiger partial charge in [0, 0.05) is 22.1 Å². The molecule has 1 N–H and O–H groups in total. The van der Waals surface area contributed by atoms with Crippen molar-refractivity contribution in [2.24, 2.45) is 0 Å². The van der Waals surface area contributed by atoms with Crippen molar-refractivity contribution >= 4 is 23.2 Å². The Kier molecular flexibility index (Phi) is 5.69. The lowest BCUT2D eigenvalue weighted by Gasteiger charge is -2.22. The van der Waals surface area contributed by atoms with Crippen LogP contribution in [-0.4, -0.2) is 0 Å². The molecule has 0 spiro atoms. The van der Waals surface area contributed by atoms with Gasteiger partial charge in [-0.15, -0.1) is 0 Å². The van der Waals surface area contributed by atoms with Crippen LogP contribution in [-0.2, 0) is 6.42 Å². The molecule has 0 heterocycles. The molecule has 0 fully saturated rings. The van der Waals surface area contributed by atoms with Crippen molar-refractivity contribution in [3.05, 3.63) is 69.2 Å². The fourth-order valence-electron chi connectivity index (χ4n) is 2.46. The summed E-state index contributed by atoms with van der Waals surface area (Å²) < 4.78 is 0. The summed E-state index contributed by atoms with van der Waals surface area (Å²) in [6.07, 6.45) is 1.07. The highest BCUT2D eigenvalue weighted by Crippen LogP contribution is 2.28. The quantitative estimate of drug-likeness (QED) is 0.715. The molecule has 2 aromatic rings. The van der Waals surface area contributed by atoms with Crippen molar-refractivity contribution in [1.29, 1.82) is 0 Å². The summed E-state index contributed by atoms with van der Waals surface area (Å²) in [4.78, 5) is 0. The Morgan fingerprint density at radius 3 is 2.19 bits per heavy atom. The maximum absolute atomic E-state index is 6.27. The lowest BCUT2D eigenvalue weighted by Crippen LogP contribution is -2.22. The predicted molar refractivity (Wildman–Crippen MR) is 92.2 cm³/mol. The van der Waals surface area contributed by atoms with E-state index in [1.54, 1.807) is 6.07 Å². The van der Waals surface area contributed by atoms with Crippen LogP contribution in [0.15, 0.2) is 42.5 Å². The summed E-state index contributed by atoms with van der Waals surface area (Å²) in [5.41, 5.74) is 3.71. The average Bonchev–Trinajstić information content (AvgIpc) is 2.47. The number of hydrogen-bond acceptors (Lipinski definition) is 1. The van der Waals surface area contributed by atoms with Gasteiger partial charge >= 0.3 is 0 Å². The molecule has 0 saturated heterocycles. The lowest BCUT2D eigenvalue weighted by atomic mass is 10.0. The molecule has 3 heteroatoms. The molecule has 21 heavy (non-hydrogen) atoms. The van der Waals surface area contributed by atoms with Crippen molar-refractivity contribution in [3.8, 4) is 0 Å². The Labute approximate surface area is 137 Å². The van der Waals surface area contributed by atoms with Gasteiger partial charge in [-0.3, -0.25) is 0 Å². The maximum Gasteiger partial charge on any atom is 0.0468 e. The van der Waals surface area contributed by atoms with Crippen LogP contribution in [0, 0.1) is 0 Å². The first-order valence-corrected chi connectivity index (χ1v) is 8.06. The SMILES string of the molecule is CCc1ccc(C(C)NC(C)c2ccc(Cl)cc2Cl)cc1. The number of aryl methyl sites for hydroxylation is 1. The Hall–Kier alpha value is -1.02. The molecule has 2 atom stereocenters. The van der Waals surface area contributed by atoms with E-state index in [2.05, 4.69) is 50.4 Å². The number of hydrogen-bond donors (Lipinski definition) is 1. The predicted octanol–water partition coefficient (Wildman–Crippen LogP) is 5.97. The summed E-state index contributed by atoms with van der Waals surface area (Å²) >= 11 is 12.2. The molecule has 0 amide bonds. The first kappa shape index (κ1) is 16.4. The second kappa shape index (κ2) is 7.31. The normalized spacial score (nSPS) is 14.0. The van der Waals surface area contributed by atoms with E-state index in [0.717, 1.165) is 12.0 Å². The van der Waals surface area contributed by atoms with E-state index >= 15 is 0 Å².